The lowest BCUT2D eigenvalue weighted by Gasteiger charge is -2.31. The molecule has 0 unspecified atom stereocenters. The minimum atomic E-state index is 0.0672. The molecule has 24 heavy (non-hydrogen) atoms. The Bertz CT molecular complexity index is 546. The third-order valence-electron chi connectivity index (χ3n) is 4.04. The number of nitriles is 1. The van der Waals surface area contributed by atoms with Crippen molar-refractivity contribution in [3.05, 3.63) is 29.8 Å². The number of nitrogens with one attached hydrogen (secondary N) is 1. The molecule has 6 heteroatoms. The van der Waals surface area contributed by atoms with Crippen LogP contribution in [-0.2, 0) is 9.53 Å². The number of nitrogens with zero attached hydrogens (tertiary/aromatic N) is 2. The molecule has 0 aromatic heterocycles. The summed E-state index contributed by atoms with van der Waals surface area (Å²) in [5, 5.41) is 11.7. The third-order valence-corrected chi connectivity index (χ3v) is 4.04. The fourth-order valence-corrected chi connectivity index (χ4v) is 2.69. The van der Waals surface area contributed by atoms with Crippen molar-refractivity contribution >= 4 is 5.91 Å². The summed E-state index contributed by atoms with van der Waals surface area (Å²) in [7, 11) is 1.66. The van der Waals surface area contributed by atoms with Gasteiger partial charge in [-0.1, -0.05) is 0 Å². The van der Waals surface area contributed by atoms with Crippen molar-refractivity contribution in [2.24, 2.45) is 0 Å². The maximum Gasteiger partial charge on any atom is 0.234 e. The smallest absolute Gasteiger partial charge is 0.234 e. The van der Waals surface area contributed by atoms with Gasteiger partial charge in [0.1, 0.15) is 11.9 Å². The summed E-state index contributed by atoms with van der Waals surface area (Å²) in [6.07, 6.45) is 2.80. The van der Waals surface area contributed by atoms with E-state index >= 15 is 0 Å². The Morgan fingerprint density at radius 3 is 2.67 bits per heavy atom. The lowest BCUT2D eigenvalue weighted by Crippen LogP contribution is -2.44. The van der Waals surface area contributed by atoms with Crippen LogP contribution >= 0.6 is 0 Å². The van der Waals surface area contributed by atoms with Gasteiger partial charge in [-0.2, -0.15) is 5.26 Å². The Morgan fingerprint density at radius 2 is 2.04 bits per heavy atom. The summed E-state index contributed by atoms with van der Waals surface area (Å²) in [5.41, 5.74) is 0.633. The van der Waals surface area contributed by atoms with Crippen molar-refractivity contribution in [2.45, 2.75) is 25.4 Å². The second kappa shape index (κ2) is 9.91. The van der Waals surface area contributed by atoms with Crippen molar-refractivity contribution in [1.29, 1.82) is 5.26 Å². The van der Waals surface area contributed by atoms with Crippen LogP contribution in [0, 0.1) is 11.3 Å². The average Bonchev–Trinajstić information content (AvgIpc) is 2.61. The quantitative estimate of drug-likeness (QED) is 0.732. The van der Waals surface area contributed by atoms with Crippen molar-refractivity contribution < 1.29 is 14.3 Å². The molecule has 1 fully saturated rings. The molecular formula is C18H25N3O3. The first-order valence-electron chi connectivity index (χ1n) is 8.36. The van der Waals surface area contributed by atoms with Crippen molar-refractivity contribution in [1.82, 2.24) is 10.2 Å². The molecule has 1 aromatic rings. The minimum absolute atomic E-state index is 0.0672. The molecular weight excluding hydrogens is 306 g/mol. The SMILES string of the molecule is COCCCNC(=O)CN1CCC(Oc2ccc(C#N)cc2)CC1. The number of hydrogen-bond acceptors (Lipinski definition) is 5. The molecule has 2 rings (SSSR count). The van der Waals surface area contributed by atoms with Crippen LogP contribution < -0.4 is 10.1 Å². The van der Waals surface area contributed by atoms with Gasteiger partial charge in [0.2, 0.25) is 5.91 Å². The third kappa shape index (κ3) is 6.19. The van der Waals surface area contributed by atoms with Gasteiger partial charge in [-0.25, -0.2) is 0 Å². The second-order valence-corrected chi connectivity index (χ2v) is 5.93. The molecule has 1 N–H and O–H groups in total. The number of hydrogen-bond donors (Lipinski definition) is 1. The number of amides is 1. The van der Waals surface area contributed by atoms with Crippen molar-refractivity contribution in [3.63, 3.8) is 0 Å². The Balaban J connectivity index is 1.65. The lowest BCUT2D eigenvalue weighted by molar-refractivity contribution is -0.122. The summed E-state index contributed by atoms with van der Waals surface area (Å²) in [4.78, 5) is 14.0. The van der Waals surface area contributed by atoms with Gasteiger partial charge in [0.15, 0.2) is 0 Å². The standard InChI is InChI=1S/C18H25N3O3/c1-23-12-2-9-20-18(22)14-21-10-7-17(8-11-21)24-16-5-3-15(13-19)4-6-16/h3-6,17H,2,7-12,14H2,1H3,(H,20,22). The zero-order chi connectivity index (χ0) is 17.2. The van der Waals surface area contributed by atoms with Gasteiger partial charge in [0.25, 0.3) is 0 Å². The predicted molar refractivity (Wildman–Crippen MR) is 90.7 cm³/mol. The molecule has 1 aromatic carbocycles. The molecule has 1 saturated heterocycles. The van der Waals surface area contributed by atoms with Gasteiger partial charge in [-0.3, -0.25) is 9.69 Å². The van der Waals surface area contributed by atoms with Crippen LogP contribution in [0.1, 0.15) is 24.8 Å². The highest BCUT2D eigenvalue weighted by Gasteiger charge is 2.21. The second-order valence-electron chi connectivity index (χ2n) is 5.93. The highest BCUT2D eigenvalue weighted by Crippen LogP contribution is 2.19. The highest BCUT2D eigenvalue weighted by molar-refractivity contribution is 5.77. The van der Waals surface area contributed by atoms with Gasteiger partial charge in [-0.05, 0) is 43.5 Å². The molecule has 6 nitrogen and oxygen atoms in total. The molecule has 1 amide bonds. The predicted octanol–water partition coefficient (Wildman–Crippen LogP) is 1.55. The molecule has 0 radical (unpaired) electrons. The van der Waals surface area contributed by atoms with Crippen LogP contribution in [-0.4, -0.2) is 56.8 Å². The number of ether oxygens (including phenoxy) is 2. The van der Waals surface area contributed by atoms with E-state index in [9.17, 15) is 4.79 Å². The fourth-order valence-electron chi connectivity index (χ4n) is 2.69. The number of methoxy groups -OCH3 is 1. The first-order valence-corrected chi connectivity index (χ1v) is 8.36. The maximum absolute atomic E-state index is 11.9. The summed E-state index contributed by atoms with van der Waals surface area (Å²) in [6, 6.07) is 9.28. The first-order chi connectivity index (χ1) is 11.7. The Hall–Kier alpha value is -2.10. The van der Waals surface area contributed by atoms with Crippen molar-refractivity contribution in [3.8, 4) is 11.8 Å². The van der Waals surface area contributed by atoms with E-state index < -0.39 is 0 Å². The zero-order valence-corrected chi connectivity index (χ0v) is 14.2. The van der Waals surface area contributed by atoms with Gasteiger partial charge in [-0.15, -0.1) is 0 Å². The molecule has 0 atom stereocenters. The highest BCUT2D eigenvalue weighted by atomic mass is 16.5. The molecule has 1 aliphatic heterocycles. The van der Waals surface area contributed by atoms with E-state index in [0.29, 0.717) is 25.3 Å². The van der Waals surface area contributed by atoms with Gasteiger partial charge in [0, 0.05) is 33.4 Å². The fraction of sp³-hybridized carbons (Fsp3) is 0.556. The Morgan fingerprint density at radius 1 is 1.33 bits per heavy atom. The lowest BCUT2D eigenvalue weighted by atomic mass is 10.1. The van der Waals surface area contributed by atoms with Crippen LogP contribution in [0.25, 0.3) is 0 Å². The van der Waals surface area contributed by atoms with Crippen LogP contribution in [0.15, 0.2) is 24.3 Å². The van der Waals surface area contributed by atoms with Crippen molar-refractivity contribution in [2.75, 3.05) is 39.9 Å². The van der Waals surface area contributed by atoms with E-state index in [1.165, 1.54) is 0 Å². The molecule has 130 valence electrons. The average molecular weight is 331 g/mol. The number of likely N-dealkylation sites (tertiary alicyclic amines) is 1. The topological polar surface area (TPSA) is 74.6 Å². The van der Waals surface area contributed by atoms with E-state index in [4.69, 9.17) is 14.7 Å². The Kier molecular flexibility index (Phi) is 7.53. The van der Waals surface area contributed by atoms with Crippen LogP contribution in [0.5, 0.6) is 5.75 Å². The van der Waals surface area contributed by atoms with Crippen LogP contribution in [0.2, 0.25) is 0 Å². The van der Waals surface area contributed by atoms with Crippen LogP contribution in [0.3, 0.4) is 0 Å². The molecule has 0 spiro atoms. The van der Waals surface area contributed by atoms with E-state index in [-0.39, 0.29) is 12.0 Å². The number of carbonyl (C=O) groups is 1. The summed E-state index contributed by atoms with van der Waals surface area (Å²) in [6.45, 7) is 3.47. The molecule has 1 aliphatic rings. The molecule has 1 heterocycles. The van der Waals surface area contributed by atoms with Gasteiger partial charge in [0.05, 0.1) is 18.2 Å². The number of rotatable bonds is 8. The maximum atomic E-state index is 11.9. The minimum Gasteiger partial charge on any atom is -0.490 e. The van der Waals surface area contributed by atoms with E-state index in [1.807, 2.05) is 12.1 Å². The summed E-state index contributed by atoms with van der Waals surface area (Å²) >= 11 is 0. The largest absolute Gasteiger partial charge is 0.490 e. The number of piperidine rings is 1. The monoisotopic (exact) mass is 331 g/mol. The van der Waals surface area contributed by atoms with E-state index in [2.05, 4.69) is 16.3 Å². The molecule has 0 aliphatic carbocycles. The number of benzene rings is 1. The summed E-state index contributed by atoms with van der Waals surface area (Å²) in [5.74, 6) is 0.862. The Labute approximate surface area is 143 Å². The van der Waals surface area contributed by atoms with Crippen LogP contribution in [0.4, 0.5) is 0 Å². The van der Waals surface area contributed by atoms with E-state index in [1.54, 1.807) is 19.2 Å². The van der Waals surface area contributed by atoms with Gasteiger partial charge >= 0.3 is 0 Å². The number of carbonyl (C=O) groups excluding carboxylic acids is 1. The van der Waals surface area contributed by atoms with E-state index in [0.717, 1.165) is 38.1 Å². The first kappa shape index (κ1) is 18.2. The summed E-state index contributed by atoms with van der Waals surface area (Å²) < 4.78 is 10.9. The molecule has 0 bridgehead atoms. The zero-order valence-electron chi connectivity index (χ0n) is 14.2. The molecule has 0 saturated carbocycles. The van der Waals surface area contributed by atoms with Gasteiger partial charge < -0.3 is 14.8 Å². The normalized spacial score (nSPS) is 15.7.